The summed E-state index contributed by atoms with van der Waals surface area (Å²) in [4.78, 5) is 2.46. The minimum Gasteiger partial charge on any atom is -0.389 e. The molecule has 2 unspecified atom stereocenters. The molecule has 0 aromatic carbocycles. The summed E-state index contributed by atoms with van der Waals surface area (Å²) in [5.74, 6) is 0. The van der Waals surface area contributed by atoms with Crippen LogP contribution in [0.2, 0.25) is 0 Å². The second-order valence-electron chi connectivity index (χ2n) is 6.96. The lowest BCUT2D eigenvalue weighted by Gasteiger charge is -2.41. The quantitative estimate of drug-likeness (QED) is 0.805. The lowest BCUT2D eigenvalue weighted by Crippen LogP contribution is -2.51. The molecule has 1 saturated carbocycles. The first-order valence-corrected chi connectivity index (χ1v) is 7.83. The van der Waals surface area contributed by atoms with Gasteiger partial charge in [0.05, 0.1) is 5.60 Å². The van der Waals surface area contributed by atoms with Gasteiger partial charge in [-0.15, -0.1) is 0 Å². The summed E-state index contributed by atoms with van der Waals surface area (Å²) in [6.45, 7) is 0.886. The number of fused-ring (bicyclic) bond motifs is 2. The van der Waals surface area contributed by atoms with Crippen molar-refractivity contribution in [2.24, 2.45) is 0 Å². The molecule has 1 aliphatic carbocycles. The first kappa shape index (κ1) is 12.9. The third kappa shape index (κ3) is 2.73. The van der Waals surface area contributed by atoms with E-state index in [1.807, 2.05) is 0 Å². The lowest BCUT2D eigenvalue weighted by atomic mass is 9.84. The van der Waals surface area contributed by atoms with Gasteiger partial charge < -0.3 is 15.3 Å². The Hall–Kier alpha value is -0.120. The molecule has 0 amide bonds. The summed E-state index contributed by atoms with van der Waals surface area (Å²) >= 11 is 0. The van der Waals surface area contributed by atoms with E-state index < -0.39 is 5.60 Å². The van der Waals surface area contributed by atoms with E-state index in [4.69, 9.17) is 0 Å². The van der Waals surface area contributed by atoms with Crippen LogP contribution in [0, 0.1) is 0 Å². The van der Waals surface area contributed by atoms with Crippen LogP contribution in [0.25, 0.3) is 0 Å². The Kier molecular flexibility index (Phi) is 3.65. The molecule has 0 aromatic rings. The molecule has 0 radical (unpaired) electrons. The molecule has 3 aliphatic rings. The maximum atomic E-state index is 10.7. The van der Waals surface area contributed by atoms with Gasteiger partial charge in [0, 0.05) is 24.7 Å². The fourth-order valence-electron chi connectivity index (χ4n) is 4.35. The third-order valence-corrected chi connectivity index (χ3v) is 5.40. The van der Waals surface area contributed by atoms with Crippen molar-refractivity contribution in [3.8, 4) is 0 Å². The topological polar surface area (TPSA) is 35.5 Å². The van der Waals surface area contributed by atoms with Gasteiger partial charge in [0.1, 0.15) is 0 Å². The molecular weight excluding hydrogens is 224 g/mol. The second-order valence-corrected chi connectivity index (χ2v) is 6.96. The van der Waals surface area contributed by atoms with Gasteiger partial charge in [-0.2, -0.15) is 0 Å². The number of hydrogen-bond acceptors (Lipinski definition) is 3. The van der Waals surface area contributed by atoms with E-state index >= 15 is 0 Å². The predicted octanol–water partition coefficient (Wildman–Crippen LogP) is 1.90. The minimum atomic E-state index is -0.392. The van der Waals surface area contributed by atoms with Gasteiger partial charge in [0.25, 0.3) is 0 Å². The summed E-state index contributed by atoms with van der Waals surface area (Å²) < 4.78 is 0. The number of piperidine rings is 1. The van der Waals surface area contributed by atoms with Crippen molar-refractivity contribution in [2.75, 3.05) is 13.6 Å². The number of nitrogens with one attached hydrogen (secondary N) is 1. The van der Waals surface area contributed by atoms with Gasteiger partial charge in [0.2, 0.25) is 0 Å². The standard InChI is InChI=1S/C15H28N2O/c1-17(11-15(18)7-3-2-4-8-15)14-9-12-5-6-13(10-14)16-12/h12-14,16,18H,2-11H2,1H3. The SMILES string of the molecule is CN(CC1(O)CCCCC1)C1CC2CCC(C1)N2. The van der Waals surface area contributed by atoms with Crippen LogP contribution in [0.5, 0.6) is 0 Å². The molecule has 3 fully saturated rings. The Morgan fingerprint density at radius 1 is 1.11 bits per heavy atom. The van der Waals surface area contributed by atoms with E-state index in [-0.39, 0.29) is 0 Å². The summed E-state index contributed by atoms with van der Waals surface area (Å²) in [7, 11) is 2.22. The molecule has 3 rings (SSSR count). The summed E-state index contributed by atoms with van der Waals surface area (Å²) in [5.41, 5.74) is -0.392. The van der Waals surface area contributed by atoms with Crippen LogP contribution in [-0.2, 0) is 0 Å². The van der Waals surface area contributed by atoms with Crippen molar-refractivity contribution < 1.29 is 5.11 Å². The first-order valence-electron chi connectivity index (χ1n) is 7.83. The second kappa shape index (κ2) is 5.10. The molecule has 2 atom stereocenters. The maximum Gasteiger partial charge on any atom is 0.0774 e. The average Bonchev–Trinajstić information content (AvgIpc) is 2.68. The van der Waals surface area contributed by atoms with E-state index in [1.165, 1.54) is 44.9 Å². The first-order chi connectivity index (χ1) is 8.65. The largest absolute Gasteiger partial charge is 0.389 e. The van der Waals surface area contributed by atoms with Crippen LogP contribution in [-0.4, -0.2) is 47.3 Å². The molecule has 2 saturated heterocycles. The molecule has 18 heavy (non-hydrogen) atoms. The zero-order chi connectivity index (χ0) is 12.6. The van der Waals surface area contributed by atoms with E-state index in [9.17, 15) is 5.11 Å². The van der Waals surface area contributed by atoms with Crippen LogP contribution < -0.4 is 5.32 Å². The van der Waals surface area contributed by atoms with Crippen molar-refractivity contribution in [2.45, 2.75) is 81.5 Å². The zero-order valence-corrected chi connectivity index (χ0v) is 11.7. The summed E-state index contributed by atoms with van der Waals surface area (Å²) in [6, 6.07) is 2.18. The number of nitrogens with zero attached hydrogens (tertiary/aromatic N) is 1. The summed E-state index contributed by atoms with van der Waals surface area (Å²) in [6.07, 6.45) is 11.0. The Morgan fingerprint density at radius 3 is 2.33 bits per heavy atom. The molecule has 2 aliphatic heterocycles. The number of rotatable bonds is 3. The average molecular weight is 252 g/mol. The fourth-order valence-corrected chi connectivity index (χ4v) is 4.35. The highest BCUT2D eigenvalue weighted by molar-refractivity contribution is 4.96. The molecule has 0 spiro atoms. The van der Waals surface area contributed by atoms with Crippen molar-refractivity contribution in [1.29, 1.82) is 0 Å². The highest BCUT2D eigenvalue weighted by Crippen LogP contribution is 2.33. The Labute approximate surface area is 111 Å². The highest BCUT2D eigenvalue weighted by atomic mass is 16.3. The highest BCUT2D eigenvalue weighted by Gasteiger charge is 2.38. The van der Waals surface area contributed by atoms with Crippen LogP contribution in [0.3, 0.4) is 0 Å². The van der Waals surface area contributed by atoms with Gasteiger partial charge in [-0.05, 0) is 45.6 Å². The van der Waals surface area contributed by atoms with E-state index in [1.54, 1.807) is 0 Å². The molecular formula is C15H28N2O. The zero-order valence-electron chi connectivity index (χ0n) is 11.7. The molecule has 2 N–H and O–H groups in total. The molecule has 3 heteroatoms. The summed E-state index contributed by atoms with van der Waals surface area (Å²) in [5, 5.41) is 14.4. The fraction of sp³-hybridized carbons (Fsp3) is 1.00. The Morgan fingerprint density at radius 2 is 1.72 bits per heavy atom. The Bertz CT molecular complexity index is 276. The van der Waals surface area contributed by atoms with Gasteiger partial charge in [0.15, 0.2) is 0 Å². The van der Waals surface area contributed by atoms with E-state index in [0.717, 1.165) is 31.5 Å². The molecule has 104 valence electrons. The number of likely N-dealkylation sites (N-methyl/N-ethyl adjacent to an activating group) is 1. The van der Waals surface area contributed by atoms with Crippen LogP contribution >= 0.6 is 0 Å². The monoisotopic (exact) mass is 252 g/mol. The van der Waals surface area contributed by atoms with Crippen molar-refractivity contribution in [3.05, 3.63) is 0 Å². The molecule has 2 heterocycles. The third-order valence-electron chi connectivity index (χ3n) is 5.40. The van der Waals surface area contributed by atoms with Gasteiger partial charge >= 0.3 is 0 Å². The van der Waals surface area contributed by atoms with E-state index in [2.05, 4.69) is 17.3 Å². The van der Waals surface area contributed by atoms with Crippen LogP contribution in [0.15, 0.2) is 0 Å². The lowest BCUT2D eigenvalue weighted by molar-refractivity contribution is -0.0333. The smallest absolute Gasteiger partial charge is 0.0774 e. The van der Waals surface area contributed by atoms with E-state index in [0.29, 0.717) is 6.04 Å². The normalized spacial score (nSPS) is 39.2. The molecule has 3 nitrogen and oxygen atoms in total. The molecule has 0 aromatic heterocycles. The Balaban J connectivity index is 1.56. The predicted molar refractivity (Wildman–Crippen MR) is 73.6 cm³/mol. The minimum absolute atomic E-state index is 0.392. The van der Waals surface area contributed by atoms with Crippen molar-refractivity contribution in [3.63, 3.8) is 0 Å². The van der Waals surface area contributed by atoms with Crippen LogP contribution in [0.1, 0.15) is 57.8 Å². The molecule has 2 bridgehead atoms. The van der Waals surface area contributed by atoms with Crippen molar-refractivity contribution >= 4 is 0 Å². The maximum absolute atomic E-state index is 10.7. The van der Waals surface area contributed by atoms with Crippen molar-refractivity contribution in [1.82, 2.24) is 10.2 Å². The van der Waals surface area contributed by atoms with Gasteiger partial charge in [-0.25, -0.2) is 0 Å². The van der Waals surface area contributed by atoms with Gasteiger partial charge in [-0.1, -0.05) is 19.3 Å². The number of aliphatic hydroxyl groups is 1. The van der Waals surface area contributed by atoms with Gasteiger partial charge in [-0.3, -0.25) is 0 Å². The number of hydrogen-bond donors (Lipinski definition) is 2. The van der Waals surface area contributed by atoms with Crippen LogP contribution in [0.4, 0.5) is 0 Å².